The number of carbonyl (C=O) groups excluding carboxylic acids is 1. The summed E-state index contributed by atoms with van der Waals surface area (Å²) in [6, 6.07) is 3.86. The second-order valence-electron chi connectivity index (χ2n) is 5.77. The first kappa shape index (κ1) is 14.9. The SMILES string of the molecule is CC(NC(=O)C(C)(C)N1CCNCC1)c1ccncc1. The van der Waals surface area contributed by atoms with E-state index in [9.17, 15) is 4.79 Å². The van der Waals surface area contributed by atoms with E-state index in [0.717, 1.165) is 31.7 Å². The first-order valence-electron chi connectivity index (χ1n) is 7.18. The lowest BCUT2D eigenvalue weighted by atomic mass is 9.99. The molecule has 2 heterocycles. The molecular formula is C15H24N4O. The van der Waals surface area contributed by atoms with Gasteiger partial charge in [0.15, 0.2) is 0 Å². The van der Waals surface area contributed by atoms with Gasteiger partial charge in [-0.15, -0.1) is 0 Å². The highest BCUT2D eigenvalue weighted by atomic mass is 16.2. The number of piperazine rings is 1. The van der Waals surface area contributed by atoms with E-state index in [1.54, 1.807) is 12.4 Å². The van der Waals surface area contributed by atoms with Crippen LogP contribution in [0.25, 0.3) is 0 Å². The van der Waals surface area contributed by atoms with Crippen LogP contribution in [0.3, 0.4) is 0 Å². The summed E-state index contributed by atoms with van der Waals surface area (Å²) >= 11 is 0. The fourth-order valence-electron chi connectivity index (χ4n) is 2.48. The number of rotatable bonds is 4. The monoisotopic (exact) mass is 276 g/mol. The van der Waals surface area contributed by atoms with Gasteiger partial charge in [0.05, 0.1) is 11.6 Å². The summed E-state index contributed by atoms with van der Waals surface area (Å²) in [5.74, 6) is 0.0729. The minimum atomic E-state index is -0.483. The summed E-state index contributed by atoms with van der Waals surface area (Å²) in [6.07, 6.45) is 3.50. The van der Waals surface area contributed by atoms with Crippen molar-refractivity contribution in [3.8, 4) is 0 Å². The molecule has 1 unspecified atom stereocenters. The third-order valence-electron chi connectivity index (χ3n) is 4.02. The standard InChI is InChI=1S/C15H24N4O/c1-12(13-4-6-16-7-5-13)18-14(20)15(2,3)19-10-8-17-9-11-19/h4-7,12,17H,8-11H2,1-3H3,(H,18,20). The fraction of sp³-hybridized carbons (Fsp3) is 0.600. The van der Waals surface area contributed by atoms with Crippen LogP contribution in [0.5, 0.6) is 0 Å². The Kier molecular flexibility index (Phi) is 4.73. The van der Waals surface area contributed by atoms with Crippen LogP contribution in [0, 0.1) is 0 Å². The summed E-state index contributed by atoms with van der Waals surface area (Å²) < 4.78 is 0. The maximum absolute atomic E-state index is 12.6. The van der Waals surface area contributed by atoms with Gasteiger partial charge in [-0.3, -0.25) is 14.7 Å². The average molecular weight is 276 g/mol. The lowest BCUT2D eigenvalue weighted by Crippen LogP contribution is -2.60. The van der Waals surface area contributed by atoms with Crippen molar-refractivity contribution >= 4 is 5.91 Å². The van der Waals surface area contributed by atoms with Crippen molar-refractivity contribution in [1.29, 1.82) is 0 Å². The summed E-state index contributed by atoms with van der Waals surface area (Å²) in [6.45, 7) is 9.68. The quantitative estimate of drug-likeness (QED) is 0.859. The molecule has 5 nitrogen and oxygen atoms in total. The highest BCUT2D eigenvalue weighted by Gasteiger charge is 2.35. The van der Waals surface area contributed by atoms with Crippen molar-refractivity contribution in [3.05, 3.63) is 30.1 Å². The minimum Gasteiger partial charge on any atom is -0.348 e. The maximum atomic E-state index is 12.6. The first-order chi connectivity index (χ1) is 9.51. The molecule has 1 aromatic heterocycles. The summed E-state index contributed by atoms with van der Waals surface area (Å²) in [7, 11) is 0. The Hall–Kier alpha value is -1.46. The maximum Gasteiger partial charge on any atom is 0.240 e. The van der Waals surface area contributed by atoms with Gasteiger partial charge < -0.3 is 10.6 Å². The van der Waals surface area contributed by atoms with Gasteiger partial charge in [-0.25, -0.2) is 0 Å². The Labute approximate surface area is 120 Å². The Morgan fingerprint density at radius 3 is 2.55 bits per heavy atom. The van der Waals surface area contributed by atoms with E-state index in [-0.39, 0.29) is 11.9 Å². The highest BCUT2D eigenvalue weighted by molar-refractivity contribution is 5.85. The second kappa shape index (κ2) is 6.33. The number of nitrogens with one attached hydrogen (secondary N) is 2. The highest BCUT2D eigenvalue weighted by Crippen LogP contribution is 2.18. The van der Waals surface area contributed by atoms with Crippen LogP contribution in [0.2, 0.25) is 0 Å². The second-order valence-corrected chi connectivity index (χ2v) is 5.77. The molecule has 1 atom stereocenters. The van der Waals surface area contributed by atoms with Crippen LogP contribution >= 0.6 is 0 Å². The van der Waals surface area contributed by atoms with Gasteiger partial charge in [0.25, 0.3) is 0 Å². The smallest absolute Gasteiger partial charge is 0.240 e. The van der Waals surface area contributed by atoms with Crippen molar-refractivity contribution < 1.29 is 4.79 Å². The third kappa shape index (κ3) is 3.35. The summed E-state index contributed by atoms with van der Waals surface area (Å²) in [5.41, 5.74) is 0.591. The number of carbonyl (C=O) groups is 1. The molecule has 5 heteroatoms. The number of nitrogens with zero attached hydrogens (tertiary/aromatic N) is 2. The first-order valence-corrected chi connectivity index (χ1v) is 7.18. The van der Waals surface area contributed by atoms with Crippen LogP contribution in [0.4, 0.5) is 0 Å². The van der Waals surface area contributed by atoms with Gasteiger partial charge in [0.1, 0.15) is 0 Å². The number of hydrogen-bond donors (Lipinski definition) is 2. The molecule has 0 aromatic carbocycles. The molecule has 1 aliphatic rings. The molecule has 0 saturated carbocycles. The van der Waals surface area contributed by atoms with Crippen LogP contribution in [-0.2, 0) is 4.79 Å². The fourth-order valence-corrected chi connectivity index (χ4v) is 2.48. The molecule has 1 fully saturated rings. The minimum absolute atomic E-state index is 0.00677. The number of hydrogen-bond acceptors (Lipinski definition) is 4. The largest absolute Gasteiger partial charge is 0.348 e. The van der Waals surface area contributed by atoms with Crippen molar-refractivity contribution in [3.63, 3.8) is 0 Å². The van der Waals surface area contributed by atoms with Crippen molar-refractivity contribution in [2.24, 2.45) is 0 Å². The predicted molar refractivity (Wildman–Crippen MR) is 79.3 cm³/mol. The van der Waals surface area contributed by atoms with Gasteiger partial charge in [-0.05, 0) is 38.5 Å². The van der Waals surface area contributed by atoms with Gasteiger partial charge >= 0.3 is 0 Å². The predicted octanol–water partition coefficient (Wildman–Crippen LogP) is 0.943. The van der Waals surface area contributed by atoms with Crippen molar-refractivity contribution in [1.82, 2.24) is 20.5 Å². The normalized spacial score (nSPS) is 18.6. The van der Waals surface area contributed by atoms with E-state index in [1.165, 1.54) is 0 Å². The third-order valence-corrected chi connectivity index (χ3v) is 4.02. The number of pyridine rings is 1. The van der Waals surface area contributed by atoms with E-state index in [2.05, 4.69) is 20.5 Å². The van der Waals surface area contributed by atoms with Crippen molar-refractivity contribution in [2.75, 3.05) is 26.2 Å². The molecule has 0 spiro atoms. The van der Waals surface area contributed by atoms with E-state index < -0.39 is 5.54 Å². The zero-order valence-electron chi connectivity index (χ0n) is 12.5. The molecule has 110 valence electrons. The molecule has 2 rings (SSSR count). The molecule has 2 N–H and O–H groups in total. The molecule has 1 amide bonds. The number of aromatic nitrogens is 1. The Balaban J connectivity index is 1.99. The topological polar surface area (TPSA) is 57.3 Å². The van der Waals surface area contributed by atoms with Gasteiger partial charge in [-0.1, -0.05) is 0 Å². The molecule has 20 heavy (non-hydrogen) atoms. The zero-order chi connectivity index (χ0) is 14.6. The van der Waals surface area contributed by atoms with Crippen LogP contribution in [0.15, 0.2) is 24.5 Å². The van der Waals surface area contributed by atoms with Gasteiger partial charge in [-0.2, -0.15) is 0 Å². The Morgan fingerprint density at radius 1 is 1.35 bits per heavy atom. The lowest BCUT2D eigenvalue weighted by Gasteiger charge is -2.40. The van der Waals surface area contributed by atoms with Gasteiger partial charge in [0.2, 0.25) is 5.91 Å². The van der Waals surface area contributed by atoms with Crippen LogP contribution in [-0.4, -0.2) is 47.5 Å². The van der Waals surface area contributed by atoms with E-state index in [0.29, 0.717) is 0 Å². The molecule has 1 aromatic rings. The molecule has 1 saturated heterocycles. The molecule has 0 aliphatic carbocycles. The summed E-state index contributed by atoms with van der Waals surface area (Å²) in [5, 5.41) is 6.42. The van der Waals surface area contributed by atoms with E-state index >= 15 is 0 Å². The van der Waals surface area contributed by atoms with Crippen molar-refractivity contribution in [2.45, 2.75) is 32.4 Å². The number of amides is 1. The lowest BCUT2D eigenvalue weighted by molar-refractivity contribution is -0.132. The Bertz CT molecular complexity index is 440. The molecule has 1 aliphatic heterocycles. The van der Waals surface area contributed by atoms with E-state index in [4.69, 9.17) is 0 Å². The van der Waals surface area contributed by atoms with Crippen LogP contribution < -0.4 is 10.6 Å². The van der Waals surface area contributed by atoms with E-state index in [1.807, 2.05) is 32.9 Å². The summed E-state index contributed by atoms with van der Waals surface area (Å²) in [4.78, 5) is 18.8. The Morgan fingerprint density at radius 2 is 1.95 bits per heavy atom. The van der Waals surface area contributed by atoms with Gasteiger partial charge in [0, 0.05) is 38.6 Å². The molecular weight excluding hydrogens is 252 g/mol. The average Bonchev–Trinajstić information content (AvgIpc) is 2.49. The zero-order valence-corrected chi connectivity index (χ0v) is 12.5. The van der Waals surface area contributed by atoms with Crippen LogP contribution in [0.1, 0.15) is 32.4 Å². The molecule has 0 bridgehead atoms. The molecule has 0 radical (unpaired) electrons.